The Morgan fingerprint density at radius 2 is 0.941 bits per heavy atom. The monoisotopic (exact) mass is 659 g/mol. The summed E-state index contributed by atoms with van der Waals surface area (Å²) in [5, 5.41) is 17.5. The molecule has 242 valence electrons. The smallest absolute Gasteiger partial charge is 0.199 e. The summed E-state index contributed by atoms with van der Waals surface area (Å²) < 4.78 is 0. The SMILES string of the molecule is O=c1c2cc(-c3ccccc3)ccc2[nH]c2c1c1c(c3[nH]c4ccc(-c5ccccc5)cc4c(=O)c32)C(O)c2cc(-c3ccccc3)ccc2N1. The minimum atomic E-state index is -1.13. The second-order valence-electron chi connectivity index (χ2n) is 13.1. The van der Waals surface area contributed by atoms with Gasteiger partial charge >= 0.3 is 0 Å². The van der Waals surface area contributed by atoms with Crippen molar-refractivity contribution >= 4 is 55.0 Å². The maximum absolute atomic E-state index is 14.8. The van der Waals surface area contributed by atoms with Crippen molar-refractivity contribution in [2.24, 2.45) is 0 Å². The van der Waals surface area contributed by atoms with Crippen molar-refractivity contribution in [1.29, 1.82) is 0 Å². The molecular formula is C45H29N3O3. The maximum Gasteiger partial charge on any atom is 0.199 e. The standard InChI is InChI=1S/C45H29N3O3/c49-43-31-22-28(25-10-4-1-5-11-25)16-19-34(31)46-40-37(43)41-39(45(51)32-23-29(17-20-35(32)47-41)26-12-6-2-7-13-26)42-38(40)44(50)33-24-30(18-21-36(33)48-42)27-14-8-3-9-15-27/h1-24,43,46,49H,(H,47,51)(H,48,50). The molecule has 1 atom stereocenters. The summed E-state index contributed by atoms with van der Waals surface area (Å²) in [6.07, 6.45) is -1.13. The molecule has 6 nitrogen and oxygen atoms in total. The molecule has 2 aromatic heterocycles. The molecule has 0 saturated heterocycles. The average molecular weight is 660 g/mol. The number of hydrogen-bond donors (Lipinski definition) is 4. The Morgan fingerprint density at radius 3 is 1.49 bits per heavy atom. The lowest BCUT2D eigenvalue weighted by Crippen LogP contribution is -2.19. The molecule has 4 N–H and O–H groups in total. The Balaban J connectivity index is 1.30. The van der Waals surface area contributed by atoms with Gasteiger partial charge < -0.3 is 20.4 Å². The first kappa shape index (κ1) is 29.2. The van der Waals surface area contributed by atoms with Crippen LogP contribution in [0.5, 0.6) is 0 Å². The highest BCUT2D eigenvalue weighted by atomic mass is 16.3. The van der Waals surface area contributed by atoms with E-state index in [9.17, 15) is 14.7 Å². The van der Waals surface area contributed by atoms with Gasteiger partial charge in [-0.25, -0.2) is 0 Å². The van der Waals surface area contributed by atoms with Crippen LogP contribution in [0.2, 0.25) is 0 Å². The third kappa shape index (κ3) is 4.47. The number of nitrogens with one attached hydrogen (secondary N) is 3. The molecule has 3 heterocycles. The van der Waals surface area contributed by atoms with Gasteiger partial charge in [-0.2, -0.15) is 0 Å². The molecule has 1 aliphatic rings. The number of aromatic amines is 2. The van der Waals surface area contributed by atoms with Crippen molar-refractivity contribution in [3.05, 3.63) is 177 Å². The highest BCUT2D eigenvalue weighted by Crippen LogP contribution is 2.47. The number of aromatic nitrogens is 2. The first-order chi connectivity index (χ1) is 25.0. The third-order valence-corrected chi connectivity index (χ3v) is 10.2. The van der Waals surface area contributed by atoms with Crippen LogP contribution in [0.4, 0.5) is 11.4 Å². The zero-order chi connectivity index (χ0) is 34.2. The molecule has 51 heavy (non-hydrogen) atoms. The Morgan fingerprint density at radius 1 is 0.471 bits per heavy atom. The lowest BCUT2D eigenvalue weighted by Gasteiger charge is -2.29. The maximum atomic E-state index is 14.8. The predicted octanol–water partition coefficient (Wildman–Crippen LogP) is 9.82. The molecule has 9 aromatic rings. The highest BCUT2D eigenvalue weighted by molar-refractivity contribution is 6.18. The molecular weight excluding hydrogens is 631 g/mol. The largest absolute Gasteiger partial charge is 0.383 e. The number of rotatable bonds is 3. The van der Waals surface area contributed by atoms with E-state index in [1.165, 1.54) is 0 Å². The van der Waals surface area contributed by atoms with E-state index in [2.05, 4.69) is 15.3 Å². The minimum Gasteiger partial charge on any atom is -0.383 e. The van der Waals surface area contributed by atoms with E-state index in [0.717, 1.165) is 33.4 Å². The molecule has 0 amide bonds. The summed E-state index contributed by atoms with van der Waals surface area (Å²) >= 11 is 0. The molecule has 0 aliphatic carbocycles. The van der Waals surface area contributed by atoms with Gasteiger partial charge in [0.1, 0.15) is 6.10 Å². The van der Waals surface area contributed by atoms with Crippen molar-refractivity contribution in [2.45, 2.75) is 6.10 Å². The number of benzene rings is 7. The molecule has 0 bridgehead atoms. The average Bonchev–Trinajstić information content (AvgIpc) is 3.18. The van der Waals surface area contributed by atoms with Crippen molar-refractivity contribution in [1.82, 2.24) is 9.97 Å². The van der Waals surface area contributed by atoms with Gasteiger partial charge in [0.2, 0.25) is 0 Å². The second-order valence-corrected chi connectivity index (χ2v) is 13.1. The normalized spacial score (nSPS) is 13.7. The fourth-order valence-electron chi connectivity index (χ4n) is 7.73. The third-order valence-electron chi connectivity index (χ3n) is 10.2. The number of aliphatic hydroxyl groups excluding tert-OH is 1. The summed E-state index contributed by atoms with van der Waals surface area (Å²) in [6.45, 7) is 0. The molecule has 7 aromatic carbocycles. The van der Waals surface area contributed by atoms with Crippen LogP contribution < -0.4 is 16.2 Å². The first-order valence-corrected chi connectivity index (χ1v) is 16.9. The molecule has 1 aliphatic heterocycles. The van der Waals surface area contributed by atoms with Gasteiger partial charge in [-0.15, -0.1) is 0 Å². The minimum absolute atomic E-state index is 0.226. The molecule has 0 fully saturated rings. The number of H-pyrrole nitrogens is 2. The van der Waals surface area contributed by atoms with Gasteiger partial charge in [-0.05, 0) is 69.8 Å². The van der Waals surface area contributed by atoms with Crippen LogP contribution in [0.15, 0.2) is 155 Å². The number of pyridine rings is 2. The van der Waals surface area contributed by atoms with Crippen molar-refractivity contribution < 1.29 is 5.11 Å². The van der Waals surface area contributed by atoms with Gasteiger partial charge in [0.25, 0.3) is 0 Å². The van der Waals surface area contributed by atoms with E-state index in [1.807, 2.05) is 146 Å². The van der Waals surface area contributed by atoms with Crippen LogP contribution in [-0.4, -0.2) is 15.1 Å². The Bertz CT molecular complexity index is 2990. The summed E-state index contributed by atoms with van der Waals surface area (Å²) in [4.78, 5) is 36.6. The van der Waals surface area contributed by atoms with E-state index in [1.54, 1.807) is 0 Å². The summed E-state index contributed by atoms with van der Waals surface area (Å²) in [6, 6.07) is 47.4. The number of hydrogen-bond acceptors (Lipinski definition) is 4. The van der Waals surface area contributed by atoms with Gasteiger partial charge in [0.05, 0.1) is 27.5 Å². The summed E-state index contributed by atoms with van der Waals surface area (Å²) in [7, 11) is 0. The van der Waals surface area contributed by atoms with Crippen LogP contribution in [0, 0.1) is 0 Å². The molecule has 0 saturated carbocycles. The van der Waals surface area contributed by atoms with Crippen LogP contribution in [-0.2, 0) is 0 Å². The number of anilines is 2. The lowest BCUT2D eigenvalue weighted by atomic mass is 9.87. The number of aliphatic hydroxyl groups is 1. The van der Waals surface area contributed by atoms with Crippen LogP contribution in [0.1, 0.15) is 17.2 Å². The van der Waals surface area contributed by atoms with E-state index in [4.69, 9.17) is 0 Å². The van der Waals surface area contributed by atoms with E-state index >= 15 is 0 Å². The molecule has 0 spiro atoms. The molecule has 1 unspecified atom stereocenters. The van der Waals surface area contributed by atoms with Crippen LogP contribution in [0.25, 0.3) is 77.0 Å². The van der Waals surface area contributed by atoms with Crippen molar-refractivity contribution in [3.63, 3.8) is 0 Å². The van der Waals surface area contributed by atoms with Gasteiger partial charge in [-0.1, -0.05) is 109 Å². The van der Waals surface area contributed by atoms with Crippen LogP contribution >= 0.6 is 0 Å². The first-order valence-electron chi connectivity index (χ1n) is 16.9. The number of fused-ring (bicyclic) bond motifs is 9. The van der Waals surface area contributed by atoms with Crippen LogP contribution in [0.3, 0.4) is 0 Å². The Kier molecular flexibility index (Phi) is 6.37. The lowest BCUT2D eigenvalue weighted by molar-refractivity contribution is 0.222. The van der Waals surface area contributed by atoms with Gasteiger partial charge in [0.15, 0.2) is 10.9 Å². The van der Waals surface area contributed by atoms with Gasteiger partial charge in [-0.3, -0.25) is 9.59 Å². The Hall–Kier alpha value is -6.76. The van der Waals surface area contributed by atoms with E-state index < -0.39 is 6.10 Å². The fourth-order valence-corrected chi connectivity index (χ4v) is 7.73. The molecule has 6 heteroatoms. The van der Waals surface area contributed by atoms with E-state index in [-0.39, 0.29) is 10.9 Å². The predicted molar refractivity (Wildman–Crippen MR) is 208 cm³/mol. The Labute approximate surface area is 291 Å². The zero-order valence-electron chi connectivity index (χ0n) is 27.2. The van der Waals surface area contributed by atoms with Crippen molar-refractivity contribution in [3.8, 4) is 33.4 Å². The van der Waals surface area contributed by atoms with Gasteiger partial charge in [0, 0.05) is 38.6 Å². The molecule has 10 rings (SSSR count). The molecule has 0 radical (unpaired) electrons. The van der Waals surface area contributed by atoms with Crippen molar-refractivity contribution in [2.75, 3.05) is 5.32 Å². The highest BCUT2D eigenvalue weighted by Gasteiger charge is 2.32. The zero-order valence-corrected chi connectivity index (χ0v) is 27.2. The topological polar surface area (TPSA) is 98.0 Å². The van der Waals surface area contributed by atoms with E-state index in [0.29, 0.717) is 66.1 Å². The summed E-state index contributed by atoms with van der Waals surface area (Å²) in [5.74, 6) is 0. The fraction of sp³-hybridized carbons (Fsp3) is 0.0222. The second kappa shape index (κ2) is 11.1. The summed E-state index contributed by atoms with van der Waals surface area (Å²) in [5.41, 5.74) is 9.79. The quantitative estimate of drug-likeness (QED) is 0.112.